The maximum absolute atomic E-state index is 9.61. The van der Waals surface area contributed by atoms with Crippen molar-refractivity contribution >= 4 is 21.4 Å². The molecule has 1 heterocycles. The lowest BCUT2D eigenvalue weighted by Crippen LogP contribution is -1.80. The molecule has 0 spiro atoms. The van der Waals surface area contributed by atoms with E-state index >= 15 is 0 Å². The monoisotopic (exact) mass is 254 g/mol. The van der Waals surface area contributed by atoms with Crippen LogP contribution in [0.25, 0.3) is 20.5 Å². The lowest BCUT2D eigenvalue weighted by atomic mass is 10.1. The third-order valence-electron chi connectivity index (χ3n) is 3.48. The summed E-state index contributed by atoms with van der Waals surface area (Å²) in [4.78, 5) is 1.22. The predicted octanol–water partition coefficient (Wildman–Crippen LogP) is 3.88. The molecule has 88 valence electrons. The molecule has 0 saturated heterocycles. The van der Waals surface area contributed by atoms with Gasteiger partial charge in [-0.25, -0.2) is 0 Å². The molecule has 0 aliphatic heterocycles. The van der Waals surface area contributed by atoms with E-state index in [0.29, 0.717) is 11.5 Å². The minimum Gasteiger partial charge on any atom is -0.508 e. The van der Waals surface area contributed by atoms with Crippen LogP contribution < -0.4 is 0 Å². The first-order chi connectivity index (χ1) is 8.72. The van der Waals surface area contributed by atoms with Crippen molar-refractivity contribution < 1.29 is 10.2 Å². The molecule has 0 saturated carbocycles. The van der Waals surface area contributed by atoms with Crippen molar-refractivity contribution in [3.8, 4) is 21.9 Å². The van der Waals surface area contributed by atoms with E-state index in [0.717, 1.165) is 16.7 Å². The van der Waals surface area contributed by atoms with E-state index in [1.165, 1.54) is 21.4 Å². The summed E-state index contributed by atoms with van der Waals surface area (Å²) in [6.45, 7) is 0. The first-order valence-corrected chi connectivity index (χ1v) is 6.61. The number of thiophene rings is 1. The number of aromatic hydroxyl groups is 2. The number of benzene rings is 2. The van der Waals surface area contributed by atoms with Gasteiger partial charge in [0, 0.05) is 16.0 Å². The van der Waals surface area contributed by atoms with Crippen LogP contribution in [0.5, 0.6) is 11.5 Å². The van der Waals surface area contributed by atoms with Crippen LogP contribution in [0, 0.1) is 0 Å². The fourth-order valence-electron chi connectivity index (χ4n) is 2.65. The largest absolute Gasteiger partial charge is 0.508 e. The molecule has 0 unspecified atom stereocenters. The normalized spacial score (nSPS) is 12.7. The molecular weight excluding hydrogens is 244 g/mol. The molecule has 0 bridgehead atoms. The summed E-state index contributed by atoms with van der Waals surface area (Å²) >= 11 is 1.68. The SMILES string of the molecule is Oc1ccc2c(c1)-c1sc3cc(O)ccc3c1C2. The number of hydrogen-bond donors (Lipinski definition) is 2. The first kappa shape index (κ1) is 9.97. The predicted molar refractivity (Wildman–Crippen MR) is 73.4 cm³/mol. The Balaban J connectivity index is 2.06. The quantitative estimate of drug-likeness (QED) is 0.500. The molecule has 0 amide bonds. The van der Waals surface area contributed by atoms with Crippen molar-refractivity contribution in [2.75, 3.05) is 0 Å². The second-order valence-electron chi connectivity index (χ2n) is 4.61. The Morgan fingerprint density at radius 2 is 1.72 bits per heavy atom. The maximum atomic E-state index is 9.61. The molecule has 1 aliphatic rings. The first-order valence-electron chi connectivity index (χ1n) is 5.79. The van der Waals surface area contributed by atoms with Gasteiger partial charge in [0.2, 0.25) is 0 Å². The molecule has 0 atom stereocenters. The highest BCUT2D eigenvalue weighted by atomic mass is 32.1. The van der Waals surface area contributed by atoms with Crippen LogP contribution in [0.15, 0.2) is 36.4 Å². The van der Waals surface area contributed by atoms with Crippen molar-refractivity contribution in [2.45, 2.75) is 6.42 Å². The van der Waals surface area contributed by atoms with Gasteiger partial charge in [-0.05, 0) is 52.4 Å². The van der Waals surface area contributed by atoms with Crippen molar-refractivity contribution in [1.82, 2.24) is 0 Å². The Kier molecular flexibility index (Phi) is 1.81. The topological polar surface area (TPSA) is 40.5 Å². The van der Waals surface area contributed by atoms with E-state index in [2.05, 4.69) is 0 Å². The average Bonchev–Trinajstić information content (AvgIpc) is 2.84. The molecule has 2 aromatic carbocycles. The van der Waals surface area contributed by atoms with Crippen LogP contribution >= 0.6 is 11.3 Å². The zero-order valence-electron chi connectivity index (χ0n) is 9.47. The fraction of sp³-hybridized carbons (Fsp3) is 0.0667. The van der Waals surface area contributed by atoms with Gasteiger partial charge in [-0.3, -0.25) is 0 Å². The summed E-state index contributed by atoms with van der Waals surface area (Å²) in [6, 6.07) is 11.1. The number of rotatable bonds is 0. The smallest absolute Gasteiger partial charge is 0.117 e. The molecule has 1 aliphatic carbocycles. The zero-order chi connectivity index (χ0) is 12.3. The fourth-order valence-corrected chi connectivity index (χ4v) is 3.96. The highest BCUT2D eigenvalue weighted by Crippen LogP contribution is 2.47. The summed E-state index contributed by atoms with van der Waals surface area (Å²) < 4.78 is 1.11. The Morgan fingerprint density at radius 3 is 2.61 bits per heavy atom. The molecular formula is C15H10O2S. The van der Waals surface area contributed by atoms with Crippen molar-refractivity contribution in [2.24, 2.45) is 0 Å². The lowest BCUT2D eigenvalue weighted by molar-refractivity contribution is 0.475. The zero-order valence-corrected chi connectivity index (χ0v) is 10.3. The standard InChI is InChI=1S/C15H10O2S/c16-9-2-1-8-5-13-11-4-3-10(17)7-14(11)18-15(13)12(8)6-9/h1-4,6-7,16-17H,5H2. The molecule has 0 fully saturated rings. The van der Waals surface area contributed by atoms with Crippen molar-refractivity contribution in [3.05, 3.63) is 47.5 Å². The maximum Gasteiger partial charge on any atom is 0.117 e. The Labute approximate surface area is 108 Å². The third kappa shape index (κ3) is 1.22. The molecule has 3 aromatic rings. The van der Waals surface area contributed by atoms with Crippen molar-refractivity contribution in [1.29, 1.82) is 0 Å². The van der Waals surface area contributed by atoms with E-state index in [4.69, 9.17) is 0 Å². The van der Waals surface area contributed by atoms with Crippen LogP contribution in [-0.2, 0) is 6.42 Å². The van der Waals surface area contributed by atoms with Gasteiger partial charge in [-0.15, -0.1) is 11.3 Å². The van der Waals surface area contributed by atoms with E-state index in [1.807, 2.05) is 18.2 Å². The van der Waals surface area contributed by atoms with Gasteiger partial charge in [0.15, 0.2) is 0 Å². The van der Waals surface area contributed by atoms with Gasteiger partial charge < -0.3 is 10.2 Å². The summed E-state index contributed by atoms with van der Waals surface area (Å²) in [6.07, 6.45) is 0.912. The van der Waals surface area contributed by atoms with Gasteiger partial charge in [-0.2, -0.15) is 0 Å². The Hall–Kier alpha value is -2.00. The minimum atomic E-state index is 0.304. The van der Waals surface area contributed by atoms with Gasteiger partial charge in [0.05, 0.1) is 0 Å². The van der Waals surface area contributed by atoms with E-state index in [-0.39, 0.29) is 0 Å². The lowest BCUT2D eigenvalue weighted by Gasteiger charge is -2.00. The van der Waals surface area contributed by atoms with Crippen LogP contribution in [0.2, 0.25) is 0 Å². The molecule has 1 aromatic heterocycles. The van der Waals surface area contributed by atoms with E-state index in [9.17, 15) is 10.2 Å². The average molecular weight is 254 g/mol. The van der Waals surface area contributed by atoms with Gasteiger partial charge >= 0.3 is 0 Å². The molecule has 2 N–H and O–H groups in total. The summed E-state index contributed by atoms with van der Waals surface area (Å²) in [5, 5.41) is 20.3. The van der Waals surface area contributed by atoms with Crippen LogP contribution in [0.4, 0.5) is 0 Å². The second-order valence-corrected chi connectivity index (χ2v) is 5.66. The Morgan fingerprint density at radius 1 is 0.944 bits per heavy atom. The van der Waals surface area contributed by atoms with Gasteiger partial charge in [0.25, 0.3) is 0 Å². The number of phenols is 2. The van der Waals surface area contributed by atoms with Crippen molar-refractivity contribution in [3.63, 3.8) is 0 Å². The highest BCUT2D eigenvalue weighted by molar-refractivity contribution is 7.22. The van der Waals surface area contributed by atoms with Gasteiger partial charge in [0.1, 0.15) is 11.5 Å². The number of fused-ring (bicyclic) bond motifs is 5. The molecule has 3 heteroatoms. The third-order valence-corrected chi connectivity index (χ3v) is 4.71. The number of phenolic OH excluding ortho intramolecular Hbond substituents is 2. The van der Waals surface area contributed by atoms with Crippen LogP contribution in [-0.4, -0.2) is 10.2 Å². The second kappa shape index (κ2) is 3.27. The van der Waals surface area contributed by atoms with Crippen LogP contribution in [0.3, 0.4) is 0 Å². The Bertz CT molecular complexity index is 787. The van der Waals surface area contributed by atoms with E-state index in [1.54, 1.807) is 29.5 Å². The molecule has 4 rings (SSSR count). The van der Waals surface area contributed by atoms with Crippen LogP contribution in [0.1, 0.15) is 11.1 Å². The molecule has 0 radical (unpaired) electrons. The molecule has 18 heavy (non-hydrogen) atoms. The minimum absolute atomic E-state index is 0.304. The van der Waals surface area contributed by atoms with Gasteiger partial charge in [-0.1, -0.05) is 6.07 Å². The summed E-state index contributed by atoms with van der Waals surface area (Å²) in [7, 11) is 0. The molecule has 2 nitrogen and oxygen atoms in total. The summed E-state index contributed by atoms with van der Waals surface area (Å²) in [5.74, 6) is 0.612. The van der Waals surface area contributed by atoms with E-state index < -0.39 is 0 Å². The number of hydrogen-bond acceptors (Lipinski definition) is 3. The summed E-state index contributed by atoms with van der Waals surface area (Å²) in [5.41, 5.74) is 3.71. The highest BCUT2D eigenvalue weighted by Gasteiger charge is 2.23.